The second kappa shape index (κ2) is 4.17. The van der Waals surface area contributed by atoms with Gasteiger partial charge in [0.05, 0.1) is 11.4 Å². The number of hydrogen-bond donors (Lipinski definition) is 1. The first kappa shape index (κ1) is 10.8. The zero-order chi connectivity index (χ0) is 11.8. The third-order valence-corrected chi connectivity index (χ3v) is 3.40. The highest BCUT2D eigenvalue weighted by molar-refractivity contribution is 6.30. The SMILES string of the molecule is Cn1nc2c(c1-c1cccc(Cl)c1)CNCC2. The summed E-state index contributed by atoms with van der Waals surface area (Å²) in [6, 6.07) is 7.95. The van der Waals surface area contributed by atoms with Crippen LogP contribution in [0.2, 0.25) is 5.02 Å². The molecule has 0 saturated carbocycles. The summed E-state index contributed by atoms with van der Waals surface area (Å²) in [5, 5.41) is 8.75. The van der Waals surface area contributed by atoms with Gasteiger partial charge in [-0.25, -0.2) is 0 Å². The molecule has 1 aliphatic rings. The Morgan fingerprint density at radius 2 is 2.29 bits per heavy atom. The van der Waals surface area contributed by atoms with Gasteiger partial charge in [0, 0.05) is 42.7 Å². The van der Waals surface area contributed by atoms with Gasteiger partial charge in [-0.3, -0.25) is 4.68 Å². The summed E-state index contributed by atoms with van der Waals surface area (Å²) in [6.07, 6.45) is 1.00. The van der Waals surface area contributed by atoms with Crippen LogP contribution in [0.25, 0.3) is 11.3 Å². The van der Waals surface area contributed by atoms with Gasteiger partial charge in [0.25, 0.3) is 0 Å². The van der Waals surface area contributed by atoms with Gasteiger partial charge in [0.1, 0.15) is 0 Å². The maximum atomic E-state index is 6.05. The third kappa shape index (κ3) is 1.85. The van der Waals surface area contributed by atoms with Crippen molar-refractivity contribution in [3.8, 4) is 11.3 Å². The molecule has 88 valence electrons. The highest BCUT2D eigenvalue weighted by Gasteiger charge is 2.19. The predicted octanol–water partition coefficient (Wildman–Crippen LogP) is 2.39. The Labute approximate surface area is 105 Å². The third-order valence-electron chi connectivity index (χ3n) is 3.17. The van der Waals surface area contributed by atoms with Gasteiger partial charge in [0.15, 0.2) is 0 Å². The van der Waals surface area contributed by atoms with Gasteiger partial charge in [0.2, 0.25) is 0 Å². The summed E-state index contributed by atoms with van der Waals surface area (Å²) in [5.41, 5.74) is 4.83. The van der Waals surface area contributed by atoms with E-state index in [0.29, 0.717) is 0 Å². The molecular formula is C13H14ClN3. The standard InChI is InChI=1S/C13H14ClN3/c1-17-13(9-3-2-4-10(14)7-9)11-8-15-6-5-12(11)16-17/h2-4,7,15H,5-6,8H2,1H3. The van der Waals surface area contributed by atoms with Crippen molar-refractivity contribution in [3.63, 3.8) is 0 Å². The molecule has 3 nitrogen and oxygen atoms in total. The summed E-state index contributed by atoms with van der Waals surface area (Å²) in [4.78, 5) is 0. The fourth-order valence-electron chi connectivity index (χ4n) is 2.43. The number of aromatic nitrogens is 2. The lowest BCUT2D eigenvalue weighted by Gasteiger charge is -2.13. The Balaban J connectivity index is 2.17. The first-order chi connectivity index (χ1) is 8.25. The Morgan fingerprint density at radius 3 is 3.12 bits per heavy atom. The lowest BCUT2D eigenvalue weighted by Crippen LogP contribution is -2.23. The van der Waals surface area contributed by atoms with Crippen LogP contribution in [0.5, 0.6) is 0 Å². The molecule has 2 heterocycles. The molecule has 0 saturated heterocycles. The summed E-state index contributed by atoms with van der Waals surface area (Å²) in [5.74, 6) is 0. The second-order valence-electron chi connectivity index (χ2n) is 4.33. The van der Waals surface area contributed by atoms with Crippen molar-refractivity contribution in [3.05, 3.63) is 40.5 Å². The van der Waals surface area contributed by atoms with Gasteiger partial charge in [-0.2, -0.15) is 5.10 Å². The van der Waals surface area contributed by atoms with Crippen LogP contribution in [-0.4, -0.2) is 16.3 Å². The van der Waals surface area contributed by atoms with E-state index in [4.69, 9.17) is 11.6 Å². The van der Waals surface area contributed by atoms with Crippen LogP contribution in [0, 0.1) is 0 Å². The number of benzene rings is 1. The molecule has 0 radical (unpaired) electrons. The molecule has 0 bridgehead atoms. The van der Waals surface area contributed by atoms with Crippen molar-refractivity contribution in [1.82, 2.24) is 15.1 Å². The van der Waals surface area contributed by atoms with E-state index < -0.39 is 0 Å². The Bertz CT molecular complexity index is 560. The van der Waals surface area contributed by atoms with Crippen LogP contribution in [0.3, 0.4) is 0 Å². The molecule has 1 aromatic carbocycles. The number of rotatable bonds is 1. The average Bonchev–Trinajstić information content (AvgIpc) is 2.64. The van der Waals surface area contributed by atoms with E-state index in [9.17, 15) is 0 Å². The average molecular weight is 248 g/mol. The molecule has 3 rings (SSSR count). The molecule has 17 heavy (non-hydrogen) atoms. The van der Waals surface area contributed by atoms with Gasteiger partial charge in [-0.05, 0) is 12.1 Å². The van der Waals surface area contributed by atoms with Crippen molar-refractivity contribution in [2.45, 2.75) is 13.0 Å². The molecule has 1 aliphatic heterocycles. The number of nitrogens with one attached hydrogen (secondary N) is 1. The molecule has 0 unspecified atom stereocenters. The van der Waals surface area contributed by atoms with Gasteiger partial charge in [-0.1, -0.05) is 23.7 Å². The van der Waals surface area contributed by atoms with Gasteiger partial charge in [-0.15, -0.1) is 0 Å². The molecule has 4 heteroatoms. The number of halogens is 1. The number of hydrogen-bond acceptors (Lipinski definition) is 2. The minimum absolute atomic E-state index is 0.765. The van der Waals surface area contributed by atoms with Crippen molar-refractivity contribution in [2.24, 2.45) is 7.05 Å². The number of aryl methyl sites for hydroxylation is 1. The summed E-state index contributed by atoms with van der Waals surface area (Å²) < 4.78 is 1.96. The Kier molecular flexibility index (Phi) is 2.65. The minimum Gasteiger partial charge on any atom is -0.312 e. The Morgan fingerprint density at radius 1 is 1.41 bits per heavy atom. The molecule has 0 fully saturated rings. The minimum atomic E-state index is 0.765. The number of fused-ring (bicyclic) bond motifs is 1. The van der Waals surface area contributed by atoms with E-state index in [1.165, 1.54) is 17.0 Å². The smallest absolute Gasteiger partial charge is 0.0727 e. The zero-order valence-electron chi connectivity index (χ0n) is 9.70. The van der Waals surface area contributed by atoms with Crippen LogP contribution < -0.4 is 5.32 Å². The first-order valence-electron chi connectivity index (χ1n) is 5.77. The largest absolute Gasteiger partial charge is 0.312 e. The summed E-state index contributed by atoms with van der Waals surface area (Å²) in [7, 11) is 1.99. The molecule has 1 aromatic heterocycles. The normalized spacial score (nSPS) is 14.7. The van der Waals surface area contributed by atoms with Crippen LogP contribution in [-0.2, 0) is 20.0 Å². The van der Waals surface area contributed by atoms with Crippen LogP contribution >= 0.6 is 11.6 Å². The molecule has 0 spiro atoms. The molecular weight excluding hydrogens is 234 g/mol. The van der Waals surface area contributed by atoms with E-state index in [1.807, 2.05) is 29.9 Å². The van der Waals surface area contributed by atoms with Crippen molar-refractivity contribution >= 4 is 11.6 Å². The van der Waals surface area contributed by atoms with E-state index in [0.717, 1.165) is 30.1 Å². The van der Waals surface area contributed by atoms with Crippen molar-refractivity contribution < 1.29 is 0 Å². The van der Waals surface area contributed by atoms with Crippen LogP contribution in [0.4, 0.5) is 0 Å². The molecule has 0 atom stereocenters. The molecule has 1 N–H and O–H groups in total. The lowest BCUT2D eigenvalue weighted by molar-refractivity contribution is 0.633. The van der Waals surface area contributed by atoms with Gasteiger partial charge >= 0.3 is 0 Å². The Hall–Kier alpha value is -1.32. The molecule has 0 amide bonds. The highest BCUT2D eigenvalue weighted by atomic mass is 35.5. The topological polar surface area (TPSA) is 29.9 Å². The quantitative estimate of drug-likeness (QED) is 0.839. The molecule has 0 aliphatic carbocycles. The second-order valence-corrected chi connectivity index (χ2v) is 4.77. The zero-order valence-corrected chi connectivity index (χ0v) is 10.5. The highest BCUT2D eigenvalue weighted by Crippen LogP contribution is 2.29. The van der Waals surface area contributed by atoms with Gasteiger partial charge < -0.3 is 5.32 Å². The summed E-state index contributed by atoms with van der Waals surface area (Å²) in [6.45, 7) is 1.91. The monoisotopic (exact) mass is 247 g/mol. The predicted molar refractivity (Wildman–Crippen MR) is 69.1 cm³/mol. The maximum Gasteiger partial charge on any atom is 0.0727 e. The van der Waals surface area contributed by atoms with Crippen molar-refractivity contribution in [2.75, 3.05) is 6.54 Å². The van der Waals surface area contributed by atoms with E-state index in [1.54, 1.807) is 0 Å². The fraction of sp³-hybridized carbons (Fsp3) is 0.308. The van der Waals surface area contributed by atoms with Crippen LogP contribution in [0.1, 0.15) is 11.3 Å². The molecule has 2 aromatic rings. The van der Waals surface area contributed by atoms with E-state index >= 15 is 0 Å². The van der Waals surface area contributed by atoms with E-state index in [-0.39, 0.29) is 0 Å². The van der Waals surface area contributed by atoms with E-state index in [2.05, 4.69) is 16.5 Å². The summed E-state index contributed by atoms with van der Waals surface area (Å²) >= 11 is 6.05. The fourth-order valence-corrected chi connectivity index (χ4v) is 2.62. The van der Waals surface area contributed by atoms with Crippen molar-refractivity contribution in [1.29, 1.82) is 0 Å². The number of nitrogens with zero attached hydrogens (tertiary/aromatic N) is 2. The van der Waals surface area contributed by atoms with Crippen LogP contribution in [0.15, 0.2) is 24.3 Å². The maximum absolute atomic E-state index is 6.05. The first-order valence-corrected chi connectivity index (χ1v) is 6.15. The lowest BCUT2D eigenvalue weighted by atomic mass is 10.0.